The van der Waals surface area contributed by atoms with Crippen LogP contribution in [0, 0.1) is 0 Å². The molecule has 0 amide bonds. The molecule has 0 bridgehead atoms. The van der Waals surface area contributed by atoms with Gasteiger partial charge < -0.3 is 18.9 Å². The van der Waals surface area contributed by atoms with Gasteiger partial charge in [-0.15, -0.1) is 0 Å². The standard InChI is InChI=1S/C54H94NO8P/c1-6-8-10-12-14-16-18-20-22-24-25-26-27-28-29-31-33-35-37-39-41-43-45-47-54(57)63-52(51-62-64(58,59)61-49-48-55(3,4)5)50-60-53(56)46-44-42-40-38-36-34-32-30-23-21-19-17-15-13-11-9-7-2/h8,10,14-17,20-23,25-26,28-29,52H,6-7,9,11-13,18-19,24,27,30-51H2,1-5H3/p+1/b10-8-,16-14-,17-15-,22-20-,23-21-,26-25-,29-28-. The Balaban J connectivity index is 4.32. The third-order valence-corrected chi connectivity index (χ3v) is 11.4. The molecule has 64 heavy (non-hydrogen) atoms. The Kier molecular flexibility index (Phi) is 43.4. The fourth-order valence-electron chi connectivity index (χ4n) is 6.48. The first-order valence-corrected chi connectivity index (χ1v) is 26.8. The number of ether oxygens (including phenoxy) is 2. The molecule has 0 saturated carbocycles. The molecule has 0 heterocycles. The summed E-state index contributed by atoms with van der Waals surface area (Å²) in [6.45, 7) is 4.26. The van der Waals surface area contributed by atoms with Crippen LogP contribution in [0.3, 0.4) is 0 Å². The van der Waals surface area contributed by atoms with Crippen LogP contribution in [-0.2, 0) is 32.7 Å². The Morgan fingerprint density at radius 1 is 0.500 bits per heavy atom. The number of quaternary nitrogens is 1. The molecule has 0 aromatic heterocycles. The first-order valence-electron chi connectivity index (χ1n) is 25.3. The van der Waals surface area contributed by atoms with Crippen molar-refractivity contribution < 1.29 is 42.1 Å². The molecule has 0 radical (unpaired) electrons. The number of rotatable bonds is 45. The average Bonchev–Trinajstić information content (AvgIpc) is 3.25. The van der Waals surface area contributed by atoms with Crippen molar-refractivity contribution in [2.24, 2.45) is 0 Å². The maximum Gasteiger partial charge on any atom is 0.472 e. The SMILES string of the molecule is CC/C=C\C/C=C\C/C=C\C/C=C\C/C=C\CCCCCCCCCC(=O)OC(COC(=O)CCCCCCCCC/C=C\C/C=C\CCCCC)COP(=O)(O)OCC[N+](C)(C)C. The zero-order valence-corrected chi connectivity index (χ0v) is 42.4. The molecular formula is C54H95NO8P+. The highest BCUT2D eigenvalue weighted by Gasteiger charge is 2.27. The van der Waals surface area contributed by atoms with Crippen molar-refractivity contribution in [1.82, 2.24) is 0 Å². The second-order valence-electron chi connectivity index (χ2n) is 17.8. The molecule has 0 aliphatic rings. The molecular weight excluding hydrogens is 822 g/mol. The number of likely N-dealkylation sites (N-methyl/N-ethyl adjacent to an activating group) is 1. The second-order valence-corrected chi connectivity index (χ2v) is 19.3. The number of carbonyl (C=O) groups is 2. The molecule has 368 valence electrons. The van der Waals surface area contributed by atoms with Gasteiger partial charge in [-0.2, -0.15) is 0 Å². The third kappa shape index (κ3) is 48.6. The average molecular weight is 917 g/mol. The molecule has 2 unspecified atom stereocenters. The van der Waals surface area contributed by atoms with E-state index in [0.717, 1.165) is 96.3 Å². The number of nitrogens with zero attached hydrogens (tertiary/aromatic N) is 1. The lowest BCUT2D eigenvalue weighted by Crippen LogP contribution is -2.37. The minimum Gasteiger partial charge on any atom is -0.462 e. The molecule has 2 atom stereocenters. The minimum atomic E-state index is -4.39. The van der Waals surface area contributed by atoms with Gasteiger partial charge in [-0.05, 0) is 89.9 Å². The summed E-state index contributed by atoms with van der Waals surface area (Å²) in [6, 6.07) is 0. The lowest BCUT2D eigenvalue weighted by molar-refractivity contribution is -0.870. The smallest absolute Gasteiger partial charge is 0.462 e. The van der Waals surface area contributed by atoms with Crippen LogP contribution < -0.4 is 0 Å². The van der Waals surface area contributed by atoms with Crippen molar-refractivity contribution in [2.45, 2.75) is 200 Å². The number of hydrogen-bond donors (Lipinski definition) is 1. The van der Waals surface area contributed by atoms with E-state index < -0.39 is 26.5 Å². The quantitative estimate of drug-likeness (QED) is 0.0212. The molecule has 0 spiro atoms. The Hall–Kier alpha value is -2.81. The number of hydrogen-bond acceptors (Lipinski definition) is 7. The molecule has 0 aromatic rings. The van der Waals surface area contributed by atoms with Crippen LogP contribution in [0.1, 0.15) is 194 Å². The van der Waals surface area contributed by atoms with Crippen LogP contribution in [-0.4, -0.2) is 74.9 Å². The van der Waals surface area contributed by atoms with Gasteiger partial charge in [0.05, 0.1) is 27.7 Å². The molecule has 0 rings (SSSR count). The highest BCUT2D eigenvalue weighted by atomic mass is 31.2. The van der Waals surface area contributed by atoms with Gasteiger partial charge in [-0.1, -0.05) is 176 Å². The Morgan fingerprint density at radius 2 is 0.891 bits per heavy atom. The fraction of sp³-hybridized carbons (Fsp3) is 0.704. The van der Waals surface area contributed by atoms with Crippen LogP contribution in [0.15, 0.2) is 85.1 Å². The Morgan fingerprint density at radius 3 is 1.33 bits per heavy atom. The van der Waals surface area contributed by atoms with E-state index in [4.69, 9.17) is 18.5 Å². The summed E-state index contributed by atoms with van der Waals surface area (Å²) >= 11 is 0. The number of allylic oxidation sites excluding steroid dienone is 14. The van der Waals surface area contributed by atoms with Gasteiger partial charge in [0, 0.05) is 12.8 Å². The summed E-state index contributed by atoms with van der Waals surface area (Å²) in [7, 11) is 1.45. The summed E-state index contributed by atoms with van der Waals surface area (Å²) in [6.07, 6.45) is 59.1. The molecule has 9 nitrogen and oxygen atoms in total. The third-order valence-electron chi connectivity index (χ3n) is 10.4. The van der Waals surface area contributed by atoms with Gasteiger partial charge in [0.15, 0.2) is 6.10 Å². The van der Waals surface area contributed by atoms with Crippen molar-refractivity contribution in [3.63, 3.8) is 0 Å². The van der Waals surface area contributed by atoms with Gasteiger partial charge >= 0.3 is 19.8 Å². The molecule has 0 fully saturated rings. The number of phosphoric ester groups is 1. The first kappa shape index (κ1) is 61.2. The van der Waals surface area contributed by atoms with E-state index in [9.17, 15) is 19.0 Å². The Bertz CT molecular complexity index is 1360. The molecule has 0 aromatic carbocycles. The number of esters is 2. The molecule has 10 heteroatoms. The second kappa shape index (κ2) is 45.4. The van der Waals surface area contributed by atoms with Gasteiger partial charge in [0.2, 0.25) is 0 Å². The molecule has 0 saturated heterocycles. The molecule has 1 N–H and O–H groups in total. The van der Waals surface area contributed by atoms with E-state index in [-0.39, 0.29) is 32.0 Å². The minimum absolute atomic E-state index is 0.0235. The Labute approximate surface area is 392 Å². The van der Waals surface area contributed by atoms with Crippen LogP contribution in [0.4, 0.5) is 0 Å². The molecule has 0 aliphatic heterocycles. The van der Waals surface area contributed by atoms with Gasteiger partial charge in [0.1, 0.15) is 19.8 Å². The van der Waals surface area contributed by atoms with E-state index >= 15 is 0 Å². The highest BCUT2D eigenvalue weighted by Crippen LogP contribution is 2.43. The first-order chi connectivity index (χ1) is 31.0. The van der Waals surface area contributed by atoms with Crippen LogP contribution in [0.5, 0.6) is 0 Å². The predicted molar refractivity (Wildman–Crippen MR) is 270 cm³/mol. The van der Waals surface area contributed by atoms with E-state index in [2.05, 4.69) is 98.9 Å². The van der Waals surface area contributed by atoms with Gasteiger partial charge in [0.25, 0.3) is 0 Å². The summed E-state index contributed by atoms with van der Waals surface area (Å²) in [5.74, 6) is -0.824. The van der Waals surface area contributed by atoms with E-state index in [1.54, 1.807) is 0 Å². The maximum atomic E-state index is 12.8. The van der Waals surface area contributed by atoms with Crippen molar-refractivity contribution in [3.05, 3.63) is 85.1 Å². The van der Waals surface area contributed by atoms with Gasteiger partial charge in [-0.25, -0.2) is 4.57 Å². The highest BCUT2D eigenvalue weighted by molar-refractivity contribution is 7.47. The summed E-state index contributed by atoms with van der Waals surface area (Å²) in [5.41, 5.74) is 0. The lowest BCUT2D eigenvalue weighted by Gasteiger charge is -2.24. The van der Waals surface area contributed by atoms with Crippen molar-refractivity contribution in [3.8, 4) is 0 Å². The monoisotopic (exact) mass is 917 g/mol. The summed E-state index contributed by atoms with van der Waals surface area (Å²) < 4.78 is 34.4. The number of phosphoric acid groups is 1. The van der Waals surface area contributed by atoms with Crippen molar-refractivity contribution in [1.29, 1.82) is 0 Å². The fourth-order valence-corrected chi connectivity index (χ4v) is 7.22. The number of carbonyl (C=O) groups excluding carboxylic acids is 2. The van der Waals surface area contributed by atoms with Gasteiger partial charge in [-0.3, -0.25) is 18.6 Å². The molecule has 0 aliphatic carbocycles. The van der Waals surface area contributed by atoms with Crippen molar-refractivity contribution in [2.75, 3.05) is 47.5 Å². The lowest BCUT2D eigenvalue weighted by atomic mass is 10.1. The normalized spacial score (nSPS) is 14.2. The predicted octanol–water partition coefficient (Wildman–Crippen LogP) is 15.1. The van der Waals surface area contributed by atoms with E-state index in [1.165, 1.54) is 64.2 Å². The van der Waals surface area contributed by atoms with Crippen LogP contribution in [0.2, 0.25) is 0 Å². The largest absolute Gasteiger partial charge is 0.472 e. The van der Waals surface area contributed by atoms with E-state index in [0.29, 0.717) is 17.4 Å². The van der Waals surface area contributed by atoms with Crippen LogP contribution >= 0.6 is 7.82 Å². The van der Waals surface area contributed by atoms with Crippen LogP contribution in [0.25, 0.3) is 0 Å². The zero-order valence-electron chi connectivity index (χ0n) is 41.5. The topological polar surface area (TPSA) is 108 Å². The summed E-state index contributed by atoms with van der Waals surface area (Å²) in [4.78, 5) is 35.5. The van der Waals surface area contributed by atoms with E-state index in [1.807, 2.05) is 21.1 Å². The summed E-state index contributed by atoms with van der Waals surface area (Å²) in [5, 5.41) is 0. The number of unbranched alkanes of at least 4 members (excludes halogenated alkanes) is 17. The maximum absolute atomic E-state index is 12.8. The zero-order chi connectivity index (χ0) is 47.1. The van der Waals surface area contributed by atoms with Crippen molar-refractivity contribution >= 4 is 19.8 Å².